The number of amides is 1. The third kappa shape index (κ3) is 4.35. The van der Waals surface area contributed by atoms with E-state index in [1.165, 1.54) is 11.0 Å². The summed E-state index contributed by atoms with van der Waals surface area (Å²) < 4.78 is 5.25. The summed E-state index contributed by atoms with van der Waals surface area (Å²) in [7, 11) is 0. The minimum absolute atomic E-state index is 0.0267. The van der Waals surface area contributed by atoms with Crippen molar-refractivity contribution in [1.82, 2.24) is 4.98 Å². The third-order valence-electron chi connectivity index (χ3n) is 4.86. The van der Waals surface area contributed by atoms with Crippen molar-refractivity contribution >= 4 is 23.3 Å². The molecule has 3 rings (SSSR count). The van der Waals surface area contributed by atoms with Crippen molar-refractivity contribution in [2.24, 2.45) is 5.41 Å². The lowest BCUT2D eigenvalue weighted by Crippen LogP contribution is -2.33. The highest BCUT2D eigenvalue weighted by Gasteiger charge is 2.46. The number of carbonyl (C=O) groups is 3. The molecule has 1 aromatic carbocycles. The van der Waals surface area contributed by atoms with Crippen molar-refractivity contribution in [3.8, 4) is 0 Å². The van der Waals surface area contributed by atoms with E-state index in [2.05, 4.69) is 4.98 Å². The fourth-order valence-electron chi connectivity index (χ4n) is 3.43. The number of aliphatic hydroxyl groups excluding tert-OH is 1. The number of anilines is 1. The Labute approximate surface area is 181 Å². The number of pyridine rings is 1. The van der Waals surface area contributed by atoms with Gasteiger partial charge in [-0.05, 0) is 49.7 Å². The van der Waals surface area contributed by atoms with Crippen LogP contribution in [0.25, 0.3) is 0 Å². The van der Waals surface area contributed by atoms with E-state index in [-0.39, 0.29) is 23.0 Å². The maximum absolute atomic E-state index is 13.2. The first-order valence-corrected chi connectivity index (χ1v) is 10.0. The van der Waals surface area contributed by atoms with Crippen LogP contribution in [0.15, 0.2) is 60.1 Å². The molecule has 0 bridgehead atoms. The third-order valence-corrected chi connectivity index (χ3v) is 4.86. The average molecular weight is 422 g/mol. The Morgan fingerprint density at radius 3 is 2.35 bits per heavy atom. The lowest BCUT2D eigenvalue weighted by molar-refractivity contribution is -0.123. The van der Waals surface area contributed by atoms with Crippen molar-refractivity contribution < 1.29 is 24.2 Å². The predicted octanol–water partition coefficient (Wildman–Crippen LogP) is 4.16. The lowest BCUT2D eigenvalue weighted by atomic mass is 9.82. The van der Waals surface area contributed by atoms with Crippen LogP contribution in [-0.2, 0) is 14.3 Å². The molecule has 1 aromatic heterocycles. The van der Waals surface area contributed by atoms with E-state index in [1.54, 1.807) is 77.3 Å². The van der Waals surface area contributed by atoms with Gasteiger partial charge in [0.15, 0.2) is 11.5 Å². The average Bonchev–Trinajstić information content (AvgIpc) is 2.98. The van der Waals surface area contributed by atoms with E-state index in [0.717, 1.165) is 0 Å². The molecule has 7 nitrogen and oxygen atoms in total. The molecular weight excluding hydrogens is 396 g/mol. The van der Waals surface area contributed by atoms with Gasteiger partial charge in [0.1, 0.15) is 0 Å². The molecule has 1 amide bonds. The molecule has 0 spiro atoms. The highest BCUT2D eigenvalue weighted by atomic mass is 16.5. The van der Waals surface area contributed by atoms with Crippen molar-refractivity contribution in [2.75, 3.05) is 4.90 Å². The van der Waals surface area contributed by atoms with Gasteiger partial charge in [0, 0.05) is 23.5 Å². The number of benzene rings is 1. The molecule has 0 aliphatic carbocycles. The van der Waals surface area contributed by atoms with Crippen LogP contribution < -0.4 is 4.90 Å². The summed E-state index contributed by atoms with van der Waals surface area (Å²) in [4.78, 5) is 44.0. The second kappa shape index (κ2) is 8.34. The Morgan fingerprint density at radius 1 is 1.13 bits per heavy atom. The molecule has 1 aliphatic heterocycles. The molecule has 2 heterocycles. The number of carbonyl (C=O) groups excluding carboxylic acids is 3. The summed E-state index contributed by atoms with van der Waals surface area (Å²) in [6, 6.07) is 8.92. The Hall–Kier alpha value is -3.48. The standard InChI is InChI=1S/C24H26N2O5/c1-14(2)31-23(30)16-7-6-8-17(13-16)26-19(15-9-11-25-12-10-15)18(20(27)22(26)29)21(28)24(3,4)5/h6-14,19,27H,1-5H3. The number of nitrogens with zero attached hydrogens (tertiary/aromatic N) is 2. The minimum atomic E-state index is -0.849. The van der Waals surface area contributed by atoms with Gasteiger partial charge in [-0.15, -0.1) is 0 Å². The van der Waals surface area contributed by atoms with Crippen LogP contribution in [0.3, 0.4) is 0 Å². The quantitative estimate of drug-likeness (QED) is 0.727. The molecule has 0 fully saturated rings. The first-order valence-electron chi connectivity index (χ1n) is 10.0. The summed E-state index contributed by atoms with van der Waals surface area (Å²) >= 11 is 0. The maximum Gasteiger partial charge on any atom is 0.338 e. The van der Waals surface area contributed by atoms with E-state index >= 15 is 0 Å². The Bertz CT molecular complexity index is 1050. The number of hydrogen-bond acceptors (Lipinski definition) is 6. The van der Waals surface area contributed by atoms with Gasteiger partial charge >= 0.3 is 5.97 Å². The van der Waals surface area contributed by atoms with Gasteiger partial charge in [-0.1, -0.05) is 26.8 Å². The zero-order valence-corrected chi connectivity index (χ0v) is 18.2. The smallest absolute Gasteiger partial charge is 0.338 e. The van der Waals surface area contributed by atoms with Crippen molar-refractivity contribution in [1.29, 1.82) is 0 Å². The minimum Gasteiger partial charge on any atom is -0.503 e. The van der Waals surface area contributed by atoms with Crippen LogP contribution in [0.2, 0.25) is 0 Å². The molecule has 0 radical (unpaired) electrons. The number of Topliss-reactive ketones (excluding diaryl/α,β-unsaturated/α-hetero) is 1. The molecule has 1 N–H and O–H groups in total. The summed E-state index contributed by atoms with van der Waals surface area (Å²) in [5, 5.41) is 10.7. The summed E-state index contributed by atoms with van der Waals surface area (Å²) in [6.07, 6.45) is 2.82. The monoisotopic (exact) mass is 422 g/mol. The highest BCUT2D eigenvalue weighted by Crippen LogP contribution is 2.43. The molecule has 7 heteroatoms. The van der Waals surface area contributed by atoms with Crippen LogP contribution in [0.4, 0.5) is 5.69 Å². The Balaban J connectivity index is 2.13. The van der Waals surface area contributed by atoms with Crippen LogP contribution in [0.1, 0.15) is 56.6 Å². The van der Waals surface area contributed by atoms with E-state index < -0.39 is 29.1 Å². The van der Waals surface area contributed by atoms with Gasteiger partial charge in [0.2, 0.25) is 0 Å². The molecule has 2 aromatic rings. The number of hydrogen-bond donors (Lipinski definition) is 1. The molecular formula is C24H26N2O5. The lowest BCUT2D eigenvalue weighted by Gasteiger charge is -2.29. The van der Waals surface area contributed by atoms with Gasteiger partial charge in [-0.25, -0.2) is 4.79 Å². The van der Waals surface area contributed by atoms with Gasteiger partial charge in [-0.2, -0.15) is 0 Å². The van der Waals surface area contributed by atoms with Gasteiger partial charge in [0.05, 0.1) is 23.3 Å². The zero-order chi connectivity index (χ0) is 22.9. The van der Waals surface area contributed by atoms with E-state index in [4.69, 9.17) is 4.74 Å². The van der Waals surface area contributed by atoms with Crippen LogP contribution in [-0.4, -0.2) is 33.9 Å². The first-order chi connectivity index (χ1) is 14.5. The van der Waals surface area contributed by atoms with Crippen molar-refractivity contribution in [3.63, 3.8) is 0 Å². The SMILES string of the molecule is CC(C)OC(=O)c1cccc(N2C(=O)C(O)=C(C(=O)C(C)(C)C)C2c2ccncc2)c1. The highest BCUT2D eigenvalue weighted by molar-refractivity contribution is 6.17. The Morgan fingerprint density at radius 2 is 1.77 bits per heavy atom. The number of ether oxygens (including phenoxy) is 1. The summed E-state index contributed by atoms with van der Waals surface area (Å²) in [6.45, 7) is 8.69. The topological polar surface area (TPSA) is 96.8 Å². The molecule has 1 atom stereocenters. The molecule has 31 heavy (non-hydrogen) atoms. The van der Waals surface area contributed by atoms with Gasteiger partial charge in [0.25, 0.3) is 5.91 Å². The molecule has 1 unspecified atom stereocenters. The fraction of sp³-hybridized carbons (Fsp3) is 0.333. The second-order valence-corrected chi connectivity index (χ2v) is 8.70. The van der Waals surface area contributed by atoms with Gasteiger partial charge in [-0.3, -0.25) is 19.5 Å². The molecule has 0 saturated heterocycles. The fourth-order valence-corrected chi connectivity index (χ4v) is 3.43. The number of esters is 1. The van der Waals surface area contributed by atoms with E-state index in [1.807, 2.05) is 0 Å². The Kier molecular flexibility index (Phi) is 5.97. The number of rotatable bonds is 5. The predicted molar refractivity (Wildman–Crippen MR) is 116 cm³/mol. The zero-order valence-electron chi connectivity index (χ0n) is 18.2. The summed E-state index contributed by atoms with van der Waals surface area (Å²) in [5.41, 5.74) is 0.471. The van der Waals surface area contributed by atoms with Crippen molar-refractivity contribution in [2.45, 2.75) is 46.8 Å². The number of ketones is 1. The maximum atomic E-state index is 13.2. The molecule has 1 aliphatic rings. The van der Waals surface area contributed by atoms with Crippen LogP contribution in [0, 0.1) is 5.41 Å². The summed E-state index contributed by atoms with van der Waals surface area (Å²) in [5.74, 6) is -2.15. The molecule has 162 valence electrons. The molecule has 0 saturated carbocycles. The van der Waals surface area contributed by atoms with Gasteiger partial charge < -0.3 is 9.84 Å². The van der Waals surface area contributed by atoms with Crippen LogP contribution >= 0.6 is 0 Å². The number of aromatic nitrogens is 1. The first kappa shape index (κ1) is 22.2. The largest absolute Gasteiger partial charge is 0.503 e. The van der Waals surface area contributed by atoms with E-state index in [9.17, 15) is 19.5 Å². The van der Waals surface area contributed by atoms with Crippen molar-refractivity contribution in [3.05, 3.63) is 71.3 Å². The normalized spacial score (nSPS) is 16.8. The second-order valence-electron chi connectivity index (χ2n) is 8.70. The van der Waals surface area contributed by atoms with Crippen LogP contribution in [0.5, 0.6) is 0 Å². The number of aliphatic hydroxyl groups is 1. The van der Waals surface area contributed by atoms with E-state index in [0.29, 0.717) is 11.3 Å².